The van der Waals surface area contributed by atoms with Crippen LogP contribution in [0.4, 0.5) is 0 Å². The Balaban J connectivity index is 1.64. The summed E-state index contributed by atoms with van der Waals surface area (Å²) in [5.41, 5.74) is 0.110. The Kier molecular flexibility index (Phi) is 4.24. The lowest BCUT2D eigenvalue weighted by atomic mass is 9.46. The van der Waals surface area contributed by atoms with Gasteiger partial charge in [0.1, 0.15) is 0 Å². The lowest BCUT2D eigenvalue weighted by Crippen LogP contribution is -2.56. The third-order valence-corrected chi connectivity index (χ3v) is 9.12. The van der Waals surface area contributed by atoms with Gasteiger partial charge in [-0.15, -0.1) is 0 Å². The van der Waals surface area contributed by atoms with E-state index in [1.165, 1.54) is 12.0 Å². The summed E-state index contributed by atoms with van der Waals surface area (Å²) in [6.07, 6.45) is 11.0. The van der Waals surface area contributed by atoms with E-state index in [0.29, 0.717) is 24.2 Å². The van der Waals surface area contributed by atoms with Gasteiger partial charge in [0.15, 0.2) is 0 Å². The third kappa shape index (κ3) is 2.64. The Bertz CT molecular complexity index is 605. The van der Waals surface area contributed by atoms with Crippen LogP contribution in [0.5, 0.6) is 0 Å². The van der Waals surface area contributed by atoms with Crippen LogP contribution < -0.4 is 0 Å². The Morgan fingerprint density at radius 1 is 1.08 bits per heavy atom. The van der Waals surface area contributed by atoms with Crippen LogP contribution in [0.3, 0.4) is 0 Å². The minimum absolute atomic E-state index is 0.0793. The lowest BCUT2D eigenvalue weighted by Gasteiger charge is -2.59. The highest BCUT2D eigenvalue weighted by Gasteiger charge is 2.64. The molecule has 4 aliphatic rings. The molecule has 3 heteroatoms. The van der Waals surface area contributed by atoms with Gasteiger partial charge in [-0.05, 0) is 93.8 Å². The van der Waals surface area contributed by atoms with Gasteiger partial charge in [-0.2, -0.15) is 0 Å². The molecule has 0 aromatic heterocycles. The van der Waals surface area contributed by atoms with E-state index in [9.17, 15) is 15.3 Å². The van der Waals surface area contributed by atoms with E-state index in [4.69, 9.17) is 0 Å². The van der Waals surface area contributed by atoms with Gasteiger partial charge < -0.3 is 15.3 Å². The van der Waals surface area contributed by atoms with Crippen molar-refractivity contribution in [1.29, 1.82) is 0 Å². The third-order valence-electron chi connectivity index (χ3n) is 9.12. The van der Waals surface area contributed by atoms with Gasteiger partial charge in [0.2, 0.25) is 0 Å². The highest BCUT2D eigenvalue weighted by atomic mass is 16.3. The second kappa shape index (κ2) is 5.81. The first-order chi connectivity index (χ1) is 12.0. The predicted molar refractivity (Wildman–Crippen MR) is 104 cm³/mol. The largest absolute Gasteiger partial charge is 0.393 e. The Morgan fingerprint density at radius 3 is 2.46 bits per heavy atom. The molecule has 4 aliphatic carbocycles. The molecule has 7 atom stereocenters. The van der Waals surface area contributed by atoms with Crippen LogP contribution in [0.25, 0.3) is 0 Å². The first-order valence-corrected chi connectivity index (χ1v) is 10.8. The van der Waals surface area contributed by atoms with Crippen LogP contribution in [-0.2, 0) is 0 Å². The second-order valence-corrected chi connectivity index (χ2v) is 11.2. The van der Waals surface area contributed by atoms with Crippen molar-refractivity contribution in [3.8, 4) is 0 Å². The fourth-order valence-corrected chi connectivity index (χ4v) is 7.76. The summed E-state index contributed by atoms with van der Waals surface area (Å²) in [4.78, 5) is 0. The minimum atomic E-state index is -0.825. The van der Waals surface area contributed by atoms with Crippen LogP contribution in [0.1, 0.15) is 85.5 Å². The van der Waals surface area contributed by atoms with E-state index in [-0.39, 0.29) is 16.9 Å². The lowest BCUT2D eigenvalue weighted by molar-refractivity contribution is -0.150. The average molecular weight is 363 g/mol. The molecule has 3 nitrogen and oxygen atoms in total. The second-order valence-electron chi connectivity index (χ2n) is 11.2. The van der Waals surface area contributed by atoms with E-state index in [0.717, 1.165) is 44.9 Å². The van der Waals surface area contributed by atoms with Crippen molar-refractivity contribution >= 4 is 0 Å². The van der Waals surface area contributed by atoms with Crippen molar-refractivity contribution in [2.75, 3.05) is 0 Å². The SMILES string of the molecule is CC(C)(O)C[C@]1(O)CC[C@@H]2[C@H]3CC=C4C[C@H](O)CC[C@]4(C)[C@@H]3CC[C@]21C. The fraction of sp³-hybridized carbons (Fsp3) is 0.913. The highest BCUT2D eigenvalue weighted by Crippen LogP contribution is 2.68. The molecule has 0 amide bonds. The predicted octanol–water partition coefficient (Wildman–Crippen LogP) is 4.20. The van der Waals surface area contributed by atoms with E-state index in [1.54, 1.807) is 0 Å². The maximum atomic E-state index is 11.6. The topological polar surface area (TPSA) is 60.7 Å². The van der Waals surface area contributed by atoms with Gasteiger partial charge in [0.25, 0.3) is 0 Å². The number of aliphatic hydroxyl groups excluding tert-OH is 1. The molecule has 0 bridgehead atoms. The van der Waals surface area contributed by atoms with Crippen LogP contribution in [-0.4, -0.2) is 32.6 Å². The Morgan fingerprint density at radius 2 is 1.77 bits per heavy atom. The van der Waals surface area contributed by atoms with Gasteiger partial charge in [-0.3, -0.25) is 0 Å². The summed E-state index contributed by atoms with van der Waals surface area (Å²) in [6, 6.07) is 0. The molecule has 0 radical (unpaired) electrons. The number of fused-ring (bicyclic) bond motifs is 5. The van der Waals surface area contributed by atoms with Crippen molar-refractivity contribution in [1.82, 2.24) is 0 Å². The molecule has 3 N–H and O–H groups in total. The quantitative estimate of drug-likeness (QED) is 0.645. The summed E-state index contributed by atoms with van der Waals surface area (Å²) in [5.74, 6) is 1.89. The summed E-state index contributed by atoms with van der Waals surface area (Å²) in [5, 5.41) is 32.1. The van der Waals surface area contributed by atoms with Crippen LogP contribution in [0, 0.1) is 28.6 Å². The molecule has 0 aromatic rings. The Hall–Kier alpha value is -0.380. The molecule has 0 aromatic carbocycles. The number of rotatable bonds is 2. The fourth-order valence-electron chi connectivity index (χ4n) is 7.76. The molecule has 0 saturated heterocycles. The normalized spacial score (nSPS) is 51.3. The zero-order chi connectivity index (χ0) is 19.0. The van der Waals surface area contributed by atoms with Crippen molar-refractivity contribution in [3.05, 3.63) is 11.6 Å². The molecule has 148 valence electrons. The average Bonchev–Trinajstić information content (AvgIpc) is 2.77. The maximum Gasteiger partial charge on any atom is 0.0731 e. The molecule has 3 saturated carbocycles. The van der Waals surface area contributed by atoms with Gasteiger partial charge >= 0.3 is 0 Å². The molecular formula is C23H38O3. The molecule has 0 spiro atoms. The van der Waals surface area contributed by atoms with Gasteiger partial charge in [0.05, 0.1) is 17.3 Å². The summed E-state index contributed by atoms with van der Waals surface area (Å²) in [6.45, 7) is 8.41. The highest BCUT2D eigenvalue weighted by molar-refractivity contribution is 5.26. The monoisotopic (exact) mass is 362 g/mol. The molecule has 0 aliphatic heterocycles. The van der Waals surface area contributed by atoms with Crippen LogP contribution >= 0.6 is 0 Å². The van der Waals surface area contributed by atoms with Crippen LogP contribution in [0.2, 0.25) is 0 Å². The standard InChI is InChI=1S/C23H38O3/c1-20(2,25)14-23(26)12-9-19-17-6-5-15-13-16(24)7-10-21(15,3)18(17)8-11-22(19,23)4/h5,16-19,24-26H,6-14H2,1-4H3/t16-,17+,18-,19-,21+,22-,23-/m1/s1. The van der Waals surface area contributed by atoms with Crippen molar-refractivity contribution < 1.29 is 15.3 Å². The summed E-state index contributed by atoms with van der Waals surface area (Å²) in [7, 11) is 0. The van der Waals surface area contributed by atoms with E-state index >= 15 is 0 Å². The van der Waals surface area contributed by atoms with Crippen LogP contribution in [0.15, 0.2) is 11.6 Å². The molecule has 4 rings (SSSR count). The number of hydrogen-bond donors (Lipinski definition) is 3. The van der Waals surface area contributed by atoms with Gasteiger partial charge in [-0.25, -0.2) is 0 Å². The molecule has 0 unspecified atom stereocenters. The van der Waals surface area contributed by atoms with Crippen molar-refractivity contribution in [3.63, 3.8) is 0 Å². The van der Waals surface area contributed by atoms with Crippen molar-refractivity contribution in [2.45, 2.75) is 103 Å². The summed E-state index contributed by atoms with van der Waals surface area (Å²) < 4.78 is 0. The molecular weight excluding hydrogens is 324 g/mol. The minimum Gasteiger partial charge on any atom is -0.393 e. The molecule has 3 fully saturated rings. The summed E-state index contributed by atoms with van der Waals surface area (Å²) >= 11 is 0. The zero-order valence-electron chi connectivity index (χ0n) is 17.1. The molecule has 26 heavy (non-hydrogen) atoms. The van der Waals surface area contributed by atoms with Gasteiger partial charge in [0, 0.05) is 6.42 Å². The number of aliphatic hydroxyl groups is 3. The first-order valence-electron chi connectivity index (χ1n) is 10.8. The van der Waals surface area contributed by atoms with Crippen molar-refractivity contribution in [2.24, 2.45) is 28.6 Å². The van der Waals surface area contributed by atoms with E-state index in [1.807, 2.05) is 13.8 Å². The van der Waals surface area contributed by atoms with E-state index < -0.39 is 11.2 Å². The first kappa shape index (κ1) is 19.0. The number of allylic oxidation sites excluding steroid dienone is 1. The zero-order valence-corrected chi connectivity index (χ0v) is 17.1. The Labute approximate surface area is 158 Å². The van der Waals surface area contributed by atoms with Gasteiger partial charge in [-0.1, -0.05) is 25.5 Å². The molecule has 0 heterocycles. The maximum absolute atomic E-state index is 11.6. The smallest absolute Gasteiger partial charge is 0.0731 e. The van der Waals surface area contributed by atoms with E-state index in [2.05, 4.69) is 19.9 Å². The number of hydrogen-bond acceptors (Lipinski definition) is 3.